The van der Waals surface area contributed by atoms with Crippen LogP contribution in [0, 0.1) is 5.92 Å². The average molecular weight is 509 g/mol. The molecule has 1 aliphatic carbocycles. The van der Waals surface area contributed by atoms with Gasteiger partial charge in [0.1, 0.15) is 6.17 Å². The molecule has 0 saturated carbocycles. The molecule has 2 aliphatic rings. The van der Waals surface area contributed by atoms with Crippen LogP contribution < -0.4 is 10.7 Å². The highest BCUT2D eigenvalue weighted by Crippen LogP contribution is 2.39. The molecule has 6 heteroatoms. The van der Waals surface area contributed by atoms with Crippen LogP contribution in [-0.2, 0) is 4.79 Å². The Morgan fingerprint density at radius 3 is 2.76 bits per heavy atom. The number of hydrazone groups is 1. The smallest absolute Gasteiger partial charge is 0.267 e. The Kier molecular flexibility index (Phi) is 12.5. The molecular formula is C31H45FN4O. The molecule has 1 heterocycles. The molecule has 0 bridgehead atoms. The second-order valence-electron chi connectivity index (χ2n) is 9.76. The quantitative estimate of drug-likeness (QED) is 0.149. The number of allylic oxidation sites excluding steroid dienone is 8. The number of amides is 1. The predicted molar refractivity (Wildman–Crippen MR) is 155 cm³/mol. The van der Waals surface area contributed by atoms with Gasteiger partial charge in [-0.1, -0.05) is 67.5 Å². The Hall–Kier alpha value is -2.99. The first-order valence-corrected chi connectivity index (χ1v) is 13.4. The third-order valence-electron chi connectivity index (χ3n) is 7.14. The molecule has 0 aromatic rings. The summed E-state index contributed by atoms with van der Waals surface area (Å²) in [5, 5.41) is 7.18. The topological polar surface area (TPSA) is 56.7 Å². The lowest BCUT2D eigenvalue weighted by Crippen LogP contribution is -2.44. The van der Waals surface area contributed by atoms with Gasteiger partial charge in [0, 0.05) is 30.5 Å². The molecule has 1 aliphatic heterocycles. The van der Waals surface area contributed by atoms with Gasteiger partial charge in [0.15, 0.2) is 0 Å². The lowest BCUT2D eigenvalue weighted by molar-refractivity contribution is -0.117. The fourth-order valence-corrected chi connectivity index (χ4v) is 4.78. The summed E-state index contributed by atoms with van der Waals surface area (Å²) in [5.41, 5.74) is 8.27. The fourth-order valence-electron chi connectivity index (χ4n) is 4.78. The lowest BCUT2D eigenvalue weighted by atomic mass is 9.75. The fraction of sp³-hybridized carbons (Fsp3) is 0.484. The number of alkyl halides is 1. The highest BCUT2D eigenvalue weighted by atomic mass is 19.1. The molecule has 0 aromatic heterocycles. The Balaban J connectivity index is 2.57. The summed E-state index contributed by atoms with van der Waals surface area (Å²) in [4.78, 5) is 15.0. The van der Waals surface area contributed by atoms with Gasteiger partial charge >= 0.3 is 0 Å². The first-order valence-electron chi connectivity index (χ1n) is 13.4. The monoisotopic (exact) mass is 508 g/mol. The predicted octanol–water partition coefficient (Wildman–Crippen LogP) is 6.32. The van der Waals surface area contributed by atoms with Crippen molar-refractivity contribution in [2.75, 3.05) is 20.1 Å². The molecule has 3 unspecified atom stereocenters. The van der Waals surface area contributed by atoms with Gasteiger partial charge in [0.05, 0.1) is 6.04 Å². The van der Waals surface area contributed by atoms with E-state index in [0.717, 1.165) is 43.5 Å². The Bertz CT molecular complexity index is 1030. The number of rotatable bonds is 11. The van der Waals surface area contributed by atoms with E-state index in [-0.39, 0.29) is 17.9 Å². The Morgan fingerprint density at radius 2 is 2.14 bits per heavy atom. The van der Waals surface area contributed by atoms with Crippen molar-refractivity contribution in [3.63, 3.8) is 0 Å². The molecule has 0 radical (unpaired) electrons. The SMILES string of the molecule is C=NNC(=O)/C(C)=C1\CC(/C(=C/C=C\C)CC)C(C2=CC=C(CCN(C)CC)CC=C2)N\C1=C\C(C)F. The van der Waals surface area contributed by atoms with Gasteiger partial charge in [-0.25, -0.2) is 9.82 Å². The molecule has 2 rings (SSSR count). The molecule has 0 aromatic carbocycles. The third kappa shape index (κ3) is 8.81. The van der Waals surface area contributed by atoms with Gasteiger partial charge in [0.2, 0.25) is 0 Å². The maximum Gasteiger partial charge on any atom is 0.267 e. The van der Waals surface area contributed by atoms with E-state index in [1.54, 1.807) is 13.0 Å². The molecule has 0 spiro atoms. The summed E-state index contributed by atoms with van der Waals surface area (Å²) in [6.45, 7) is 15.0. The van der Waals surface area contributed by atoms with Crippen molar-refractivity contribution in [2.45, 2.75) is 72.5 Å². The number of carbonyl (C=O) groups is 1. The van der Waals surface area contributed by atoms with Crippen molar-refractivity contribution < 1.29 is 9.18 Å². The third-order valence-corrected chi connectivity index (χ3v) is 7.14. The molecule has 37 heavy (non-hydrogen) atoms. The molecule has 202 valence electrons. The van der Waals surface area contributed by atoms with Crippen molar-refractivity contribution >= 4 is 12.6 Å². The number of nitrogens with zero attached hydrogens (tertiary/aromatic N) is 2. The number of hydrogen-bond donors (Lipinski definition) is 2. The second-order valence-corrected chi connectivity index (χ2v) is 9.76. The first kappa shape index (κ1) is 30.2. The van der Waals surface area contributed by atoms with Crippen LogP contribution in [0.1, 0.15) is 60.3 Å². The summed E-state index contributed by atoms with van der Waals surface area (Å²) < 4.78 is 14.3. The summed E-state index contributed by atoms with van der Waals surface area (Å²) in [7, 11) is 2.15. The number of nitrogens with one attached hydrogen (secondary N) is 2. The van der Waals surface area contributed by atoms with Gasteiger partial charge in [-0.3, -0.25) is 4.79 Å². The molecule has 1 saturated heterocycles. The maximum atomic E-state index is 14.3. The maximum absolute atomic E-state index is 14.3. The number of carbonyl (C=O) groups excluding carboxylic acids is 1. The van der Waals surface area contributed by atoms with Crippen LogP contribution >= 0.6 is 0 Å². The Morgan fingerprint density at radius 1 is 1.38 bits per heavy atom. The average Bonchev–Trinajstić information content (AvgIpc) is 3.13. The normalized spacial score (nSPS) is 23.9. The minimum Gasteiger partial charge on any atom is -0.378 e. The first-order chi connectivity index (χ1) is 17.7. The van der Waals surface area contributed by atoms with Crippen molar-refractivity contribution in [1.29, 1.82) is 0 Å². The molecule has 3 atom stereocenters. The van der Waals surface area contributed by atoms with E-state index >= 15 is 0 Å². The Labute approximate surface area is 223 Å². The highest BCUT2D eigenvalue weighted by Gasteiger charge is 2.35. The van der Waals surface area contributed by atoms with Crippen molar-refractivity contribution in [3.05, 3.63) is 82.2 Å². The van der Waals surface area contributed by atoms with Crippen LogP contribution in [0.5, 0.6) is 0 Å². The van der Waals surface area contributed by atoms with E-state index in [2.05, 4.69) is 84.8 Å². The van der Waals surface area contributed by atoms with E-state index in [0.29, 0.717) is 17.7 Å². The van der Waals surface area contributed by atoms with Gasteiger partial charge < -0.3 is 10.2 Å². The van der Waals surface area contributed by atoms with Crippen LogP contribution in [0.4, 0.5) is 4.39 Å². The molecule has 1 fully saturated rings. The molecule has 5 nitrogen and oxygen atoms in total. The number of hydrogen-bond acceptors (Lipinski definition) is 4. The summed E-state index contributed by atoms with van der Waals surface area (Å²) in [6.07, 6.45) is 19.0. The number of piperidine rings is 1. The zero-order valence-electron chi connectivity index (χ0n) is 23.5. The number of halogens is 1. The van der Waals surface area contributed by atoms with Gasteiger partial charge in [-0.15, -0.1) is 0 Å². The van der Waals surface area contributed by atoms with E-state index in [4.69, 9.17) is 0 Å². The summed E-state index contributed by atoms with van der Waals surface area (Å²) >= 11 is 0. The molecule has 2 N–H and O–H groups in total. The van der Waals surface area contributed by atoms with E-state index in [1.807, 2.05) is 13.0 Å². The van der Waals surface area contributed by atoms with Crippen LogP contribution in [-0.4, -0.2) is 49.9 Å². The van der Waals surface area contributed by atoms with Crippen LogP contribution in [0.3, 0.4) is 0 Å². The van der Waals surface area contributed by atoms with Crippen LogP contribution in [0.2, 0.25) is 0 Å². The standard InChI is InChI=1S/C31H45FN4O/c1-8-11-14-25(9-2)28-21-27(23(5)31(37)35-33-6)29(20-22(4)32)34-30(28)26-15-12-13-24(16-17-26)18-19-36(7)10-3/h8,11-12,14-17,20,22,28,30,34H,6,9-10,13,18-19,21H2,1-5,7H3,(H,35,37)/b11-8-,25-14+,27-23+,29-20+. The van der Waals surface area contributed by atoms with Crippen molar-refractivity contribution in [2.24, 2.45) is 11.0 Å². The van der Waals surface area contributed by atoms with Crippen LogP contribution in [0.15, 0.2) is 87.3 Å². The van der Waals surface area contributed by atoms with E-state index in [1.165, 1.54) is 18.1 Å². The van der Waals surface area contributed by atoms with Crippen LogP contribution in [0.25, 0.3) is 0 Å². The molecule has 1 amide bonds. The zero-order valence-corrected chi connectivity index (χ0v) is 23.5. The lowest BCUT2D eigenvalue weighted by Gasteiger charge is -2.39. The van der Waals surface area contributed by atoms with E-state index in [9.17, 15) is 9.18 Å². The van der Waals surface area contributed by atoms with Crippen molar-refractivity contribution in [1.82, 2.24) is 15.6 Å². The minimum absolute atomic E-state index is 0.0521. The summed E-state index contributed by atoms with van der Waals surface area (Å²) in [6, 6.07) is -0.0521. The summed E-state index contributed by atoms with van der Waals surface area (Å²) in [5.74, 6) is -0.227. The van der Waals surface area contributed by atoms with E-state index < -0.39 is 6.17 Å². The van der Waals surface area contributed by atoms with Gasteiger partial charge in [-0.05, 0) is 77.3 Å². The zero-order chi connectivity index (χ0) is 27.4. The van der Waals surface area contributed by atoms with Gasteiger partial charge in [-0.2, -0.15) is 5.10 Å². The largest absolute Gasteiger partial charge is 0.378 e. The highest BCUT2D eigenvalue weighted by molar-refractivity contribution is 5.94. The van der Waals surface area contributed by atoms with Crippen molar-refractivity contribution in [3.8, 4) is 0 Å². The van der Waals surface area contributed by atoms with Gasteiger partial charge in [0.25, 0.3) is 5.91 Å². The second kappa shape index (κ2) is 15.3. The minimum atomic E-state index is -1.16. The molecular weight excluding hydrogens is 463 g/mol.